The lowest BCUT2D eigenvalue weighted by atomic mass is 9.86. The fraction of sp³-hybridized carbons (Fsp3) is 0.611. The SMILES string of the molecule is CCCCCc1cc(O)c2c(c1)OC(C)(CCC(=O)O)CC2O. The van der Waals surface area contributed by atoms with Crippen LogP contribution in [-0.4, -0.2) is 26.9 Å². The van der Waals surface area contributed by atoms with E-state index in [1.54, 1.807) is 6.07 Å². The molecule has 2 atom stereocenters. The molecule has 2 unspecified atom stereocenters. The van der Waals surface area contributed by atoms with E-state index < -0.39 is 17.7 Å². The van der Waals surface area contributed by atoms with E-state index in [1.165, 1.54) is 0 Å². The molecule has 1 aliphatic rings. The number of benzene rings is 1. The van der Waals surface area contributed by atoms with Crippen molar-refractivity contribution in [1.29, 1.82) is 0 Å². The quantitative estimate of drug-likeness (QED) is 0.668. The molecule has 2 rings (SSSR count). The minimum atomic E-state index is -0.883. The average molecular weight is 322 g/mol. The summed E-state index contributed by atoms with van der Waals surface area (Å²) in [6.45, 7) is 3.95. The number of phenolic OH excluding ortho intramolecular Hbond substituents is 1. The van der Waals surface area contributed by atoms with Crippen molar-refractivity contribution in [3.05, 3.63) is 23.3 Å². The Balaban J connectivity index is 2.21. The second-order valence-electron chi connectivity index (χ2n) is 6.65. The maximum absolute atomic E-state index is 10.8. The highest BCUT2D eigenvalue weighted by Crippen LogP contribution is 2.46. The predicted octanol–water partition coefficient (Wildman–Crippen LogP) is 3.56. The van der Waals surface area contributed by atoms with Gasteiger partial charge in [0.25, 0.3) is 0 Å². The van der Waals surface area contributed by atoms with Gasteiger partial charge in [0.15, 0.2) is 0 Å². The van der Waals surface area contributed by atoms with Crippen LogP contribution in [0, 0.1) is 0 Å². The van der Waals surface area contributed by atoms with Gasteiger partial charge in [0.05, 0.1) is 11.7 Å². The van der Waals surface area contributed by atoms with Crippen LogP contribution in [0.1, 0.15) is 69.6 Å². The Morgan fingerprint density at radius 2 is 2.13 bits per heavy atom. The first kappa shape index (κ1) is 17.6. The summed E-state index contributed by atoms with van der Waals surface area (Å²) in [5.74, 6) is -0.351. The van der Waals surface area contributed by atoms with Gasteiger partial charge < -0.3 is 20.1 Å². The van der Waals surface area contributed by atoms with Gasteiger partial charge >= 0.3 is 5.97 Å². The van der Waals surface area contributed by atoms with Crippen LogP contribution in [0.2, 0.25) is 0 Å². The number of hydrogen-bond donors (Lipinski definition) is 3. The Morgan fingerprint density at radius 1 is 1.39 bits per heavy atom. The van der Waals surface area contributed by atoms with Gasteiger partial charge in [-0.2, -0.15) is 0 Å². The Morgan fingerprint density at radius 3 is 2.78 bits per heavy atom. The highest BCUT2D eigenvalue weighted by molar-refractivity contribution is 5.66. The van der Waals surface area contributed by atoms with E-state index in [2.05, 4.69) is 6.92 Å². The molecule has 23 heavy (non-hydrogen) atoms. The lowest BCUT2D eigenvalue weighted by molar-refractivity contribution is -0.138. The molecule has 0 fully saturated rings. The highest BCUT2D eigenvalue weighted by Gasteiger charge is 2.38. The van der Waals surface area contributed by atoms with E-state index in [0.29, 0.717) is 17.7 Å². The molecule has 1 heterocycles. The topological polar surface area (TPSA) is 87.0 Å². The van der Waals surface area contributed by atoms with Crippen molar-refractivity contribution in [3.8, 4) is 11.5 Å². The van der Waals surface area contributed by atoms with Gasteiger partial charge in [-0.3, -0.25) is 4.79 Å². The number of rotatable bonds is 7. The third-order valence-corrected chi connectivity index (χ3v) is 4.43. The Hall–Kier alpha value is -1.75. The summed E-state index contributed by atoms with van der Waals surface area (Å²) in [5.41, 5.74) is 0.653. The molecular weight excluding hydrogens is 296 g/mol. The number of carboxylic acids is 1. The van der Waals surface area contributed by atoms with Crippen molar-refractivity contribution in [2.45, 2.75) is 70.5 Å². The van der Waals surface area contributed by atoms with Crippen molar-refractivity contribution < 1.29 is 24.9 Å². The lowest BCUT2D eigenvalue weighted by Gasteiger charge is -2.38. The molecule has 0 aliphatic carbocycles. The number of aliphatic hydroxyl groups is 1. The molecule has 0 spiro atoms. The minimum Gasteiger partial charge on any atom is -0.507 e. The number of ether oxygens (including phenoxy) is 1. The molecule has 1 aromatic rings. The van der Waals surface area contributed by atoms with Crippen LogP contribution in [0.15, 0.2) is 12.1 Å². The van der Waals surface area contributed by atoms with Crippen LogP contribution < -0.4 is 4.74 Å². The second kappa shape index (κ2) is 7.21. The standard InChI is InChI=1S/C18H26O5/c1-3-4-5-6-12-9-13(19)17-14(20)11-18(2,8-7-16(21)22)23-15(17)10-12/h9-10,14,19-20H,3-8,11H2,1-2H3,(H,21,22). The van der Waals surface area contributed by atoms with Crippen molar-refractivity contribution in [2.75, 3.05) is 0 Å². The number of aromatic hydroxyl groups is 1. The summed E-state index contributed by atoms with van der Waals surface area (Å²) in [4.78, 5) is 10.8. The molecule has 0 saturated heterocycles. The number of aliphatic hydroxyl groups excluding tert-OH is 1. The van der Waals surface area contributed by atoms with Crippen molar-refractivity contribution in [3.63, 3.8) is 0 Å². The average Bonchev–Trinajstić information content (AvgIpc) is 2.44. The summed E-state index contributed by atoms with van der Waals surface area (Å²) in [6.07, 6.45) is 3.86. The molecule has 1 aliphatic heterocycles. The first-order valence-corrected chi connectivity index (χ1v) is 8.29. The van der Waals surface area contributed by atoms with Gasteiger partial charge in [-0.15, -0.1) is 0 Å². The van der Waals surface area contributed by atoms with Crippen LogP contribution in [0.25, 0.3) is 0 Å². The molecule has 0 bridgehead atoms. The lowest BCUT2D eigenvalue weighted by Crippen LogP contribution is -2.38. The van der Waals surface area contributed by atoms with E-state index in [-0.39, 0.29) is 18.6 Å². The van der Waals surface area contributed by atoms with Gasteiger partial charge in [-0.05, 0) is 43.9 Å². The number of hydrogen-bond acceptors (Lipinski definition) is 4. The zero-order chi connectivity index (χ0) is 17.0. The van der Waals surface area contributed by atoms with Crippen LogP contribution >= 0.6 is 0 Å². The van der Waals surface area contributed by atoms with Gasteiger partial charge in [0.2, 0.25) is 0 Å². The number of carboxylic acid groups (broad SMARTS) is 1. The second-order valence-corrected chi connectivity index (χ2v) is 6.65. The molecule has 0 radical (unpaired) electrons. The third-order valence-electron chi connectivity index (χ3n) is 4.43. The molecule has 5 nitrogen and oxygen atoms in total. The van der Waals surface area contributed by atoms with E-state index in [0.717, 1.165) is 31.2 Å². The molecule has 128 valence electrons. The highest BCUT2D eigenvalue weighted by atomic mass is 16.5. The number of fused-ring (bicyclic) bond motifs is 1. The molecule has 1 aromatic carbocycles. The molecule has 5 heteroatoms. The maximum Gasteiger partial charge on any atom is 0.303 e. The number of unbranched alkanes of at least 4 members (excludes halogenated alkanes) is 2. The van der Waals surface area contributed by atoms with Crippen LogP contribution in [0.3, 0.4) is 0 Å². The fourth-order valence-corrected chi connectivity index (χ4v) is 3.15. The fourth-order valence-electron chi connectivity index (χ4n) is 3.15. The Bertz CT molecular complexity index is 569. The monoisotopic (exact) mass is 322 g/mol. The van der Waals surface area contributed by atoms with E-state index >= 15 is 0 Å². The minimum absolute atomic E-state index is 0.0132. The normalized spacial score (nSPS) is 23.2. The van der Waals surface area contributed by atoms with Crippen LogP contribution in [-0.2, 0) is 11.2 Å². The molecule has 0 amide bonds. The van der Waals surface area contributed by atoms with Gasteiger partial charge in [0.1, 0.15) is 17.1 Å². The summed E-state index contributed by atoms with van der Waals surface area (Å²) in [7, 11) is 0. The zero-order valence-corrected chi connectivity index (χ0v) is 13.8. The molecule has 0 aromatic heterocycles. The van der Waals surface area contributed by atoms with E-state index in [9.17, 15) is 15.0 Å². The number of aliphatic carboxylic acids is 1. The summed E-state index contributed by atoms with van der Waals surface area (Å²) < 4.78 is 5.98. The largest absolute Gasteiger partial charge is 0.507 e. The molecule has 0 saturated carbocycles. The van der Waals surface area contributed by atoms with Crippen molar-refractivity contribution in [1.82, 2.24) is 0 Å². The number of aryl methyl sites for hydroxylation is 1. The molecular formula is C18H26O5. The number of carbonyl (C=O) groups is 1. The van der Waals surface area contributed by atoms with Gasteiger partial charge in [-0.25, -0.2) is 0 Å². The maximum atomic E-state index is 10.8. The van der Waals surface area contributed by atoms with Crippen molar-refractivity contribution in [2.24, 2.45) is 0 Å². The first-order valence-electron chi connectivity index (χ1n) is 8.29. The summed E-state index contributed by atoms with van der Waals surface area (Å²) in [5, 5.41) is 29.4. The first-order chi connectivity index (χ1) is 10.8. The van der Waals surface area contributed by atoms with E-state index in [1.807, 2.05) is 13.0 Å². The Kier molecular flexibility index (Phi) is 5.52. The van der Waals surface area contributed by atoms with Gasteiger partial charge in [0, 0.05) is 12.8 Å². The molecule has 3 N–H and O–H groups in total. The Labute approximate surface area is 136 Å². The smallest absolute Gasteiger partial charge is 0.303 e. The predicted molar refractivity (Wildman–Crippen MR) is 86.8 cm³/mol. The zero-order valence-electron chi connectivity index (χ0n) is 13.8. The third kappa shape index (κ3) is 4.38. The van der Waals surface area contributed by atoms with E-state index in [4.69, 9.17) is 9.84 Å². The van der Waals surface area contributed by atoms with Gasteiger partial charge in [-0.1, -0.05) is 19.8 Å². The summed E-state index contributed by atoms with van der Waals surface area (Å²) >= 11 is 0. The number of phenols is 1. The summed E-state index contributed by atoms with van der Waals surface area (Å²) in [6, 6.07) is 3.56. The van der Waals surface area contributed by atoms with Crippen molar-refractivity contribution >= 4 is 5.97 Å². The van der Waals surface area contributed by atoms with Crippen LogP contribution in [0.4, 0.5) is 0 Å². The van der Waals surface area contributed by atoms with Crippen LogP contribution in [0.5, 0.6) is 11.5 Å².